The first-order chi connectivity index (χ1) is 8.63. The zero-order valence-electron chi connectivity index (χ0n) is 11.4. The van der Waals surface area contributed by atoms with E-state index < -0.39 is 0 Å². The van der Waals surface area contributed by atoms with Crippen LogP contribution in [0.2, 0.25) is 0 Å². The zero-order valence-corrected chi connectivity index (χ0v) is 11.4. The summed E-state index contributed by atoms with van der Waals surface area (Å²) in [5, 5.41) is 0. The van der Waals surface area contributed by atoms with Gasteiger partial charge in [0.2, 0.25) is 0 Å². The minimum Gasteiger partial charge on any atom is -0.496 e. The lowest BCUT2D eigenvalue weighted by atomic mass is 9.97. The fraction of sp³-hybridized carbons (Fsp3) is 0.533. The molecule has 3 nitrogen and oxygen atoms in total. The molecule has 0 radical (unpaired) electrons. The molecule has 98 valence electrons. The highest BCUT2D eigenvalue weighted by molar-refractivity contribution is 6.02. The van der Waals surface area contributed by atoms with Gasteiger partial charge in [-0.2, -0.15) is 0 Å². The van der Waals surface area contributed by atoms with Crippen molar-refractivity contribution in [1.29, 1.82) is 0 Å². The van der Waals surface area contributed by atoms with Crippen LogP contribution in [0, 0.1) is 5.92 Å². The molecule has 3 heteroatoms. The van der Waals surface area contributed by atoms with Crippen LogP contribution < -0.4 is 9.64 Å². The Hall–Kier alpha value is -1.51. The van der Waals surface area contributed by atoms with Gasteiger partial charge in [-0.3, -0.25) is 4.79 Å². The Morgan fingerprint density at radius 2 is 2.00 bits per heavy atom. The minimum atomic E-state index is 0.0704. The topological polar surface area (TPSA) is 29.5 Å². The number of rotatable bonds is 3. The van der Waals surface area contributed by atoms with Gasteiger partial charge in [0.1, 0.15) is 5.75 Å². The summed E-state index contributed by atoms with van der Waals surface area (Å²) in [6.45, 7) is 5.94. The van der Waals surface area contributed by atoms with E-state index in [0.29, 0.717) is 5.75 Å². The van der Waals surface area contributed by atoms with Crippen molar-refractivity contribution in [3.63, 3.8) is 0 Å². The van der Waals surface area contributed by atoms with Crippen LogP contribution in [0.5, 0.6) is 5.75 Å². The molecular weight excluding hydrogens is 226 g/mol. The lowest BCUT2D eigenvalue weighted by Crippen LogP contribution is -2.33. The molecule has 0 N–H and O–H groups in total. The quantitative estimate of drug-likeness (QED) is 0.768. The van der Waals surface area contributed by atoms with E-state index in [2.05, 4.69) is 11.8 Å². The number of carbonyl (C=O) groups is 1. The van der Waals surface area contributed by atoms with Crippen LogP contribution in [-0.2, 0) is 0 Å². The fourth-order valence-electron chi connectivity index (χ4n) is 2.56. The first-order valence-electron chi connectivity index (χ1n) is 6.56. The van der Waals surface area contributed by atoms with E-state index in [4.69, 9.17) is 4.74 Å². The van der Waals surface area contributed by atoms with Crippen LogP contribution in [-0.4, -0.2) is 26.0 Å². The molecule has 1 aliphatic rings. The Bertz CT molecular complexity index is 434. The molecule has 18 heavy (non-hydrogen) atoms. The molecule has 1 heterocycles. The zero-order chi connectivity index (χ0) is 13.1. The third kappa shape index (κ3) is 2.50. The number of anilines is 1. The number of piperidine rings is 1. The smallest absolute Gasteiger partial charge is 0.165 e. The predicted molar refractivity (Wildman–Crippen MR) is 73.6 cm³/mol. The van der Waals surface area contributed by atoms with Gasteiger partial charge in [0.25, 0.3) is 0 Å². The molecule has 0 amide bonds. The van der Waals surface area contributed by atoms with Gasteiger partial charge >= 0.3 is 0 Å². The lowest BCUT2D eigenvalue weighted by Gasteiger charge is -2.33. The van der Waals surface area contributed by atoms with E-state index >= 15 is 0 Å². The second-order valence-electron chi connectivity index (χ2n) is 5.08. The van der Waals surface area contributed by atoms with Gasteiger partial charge in [0, 0.05) is 13.1 Å². The standard InChI is InChI=1S/C15H21NO2/c1-11-7-9-16(10-8-11)13-5-4-6-14(18-3)15(13)12(2)17/h4-6,11H,7-10H2,1-3H3. The van der Waals surface area contributed by atoms with Crippen LogP contribution in [0.15, 0.2) is 18.2 Å². The van der Waals surface area contributed by atoms with E-state index in [0.717, 1.165) is 30.3 Å². The molecule has 2 rings (SSSR count). The Kier molecular flexibility index (Phi) is 3.90. The highest BCUT2D eigenvalue weighted by Gasteiger charge is 2.21. The van der Waals surface area contributed by atoms with E-state index in [1.807, 2.05) is 18.2 Å². The maximum atomic E-state index is 11.8. The van der Waals surface area contributed by atoms with Crippen molar-refractivity contribution in [2.75, 3.05) is 25.1 Å². The molecule has 0 spiro atoms. The van der Waals surface area contributed by atoms with E-state index in [1.165, 1.54) is 12.8 Å². The average molecular weight is 247 g/mol. The normalized spacial score (nSPS) is 16.7. The van der Waals surface area contributed by atoms with Crippen molar-refractivity contribution in [2.45, 2.75) is 26.7 Å². The summed E-state index contributed by atoms with van der Waals surface area (Å²) in [6.07, 6.45) is 2.38. The van der Waals surface area contributed by atoms with Crippen LogP contribution in [0.1, 0.15) is 37.0 Å². The highest BCUT2D eigenvalue weighted by Crippen LogP contribution is 2.32. The molecule has 0 atom stereocenters. The third-order valence-electron chi connectivity index (χ3n) is 3.70. The maximum absolute atomic E-state index is 11.8. The van der Waals surface area contributed by atoms with Gasteiger partial charge < -0.3 is 9.64 Å². The summed E-state index contributed by atoms with van der Waals surface area (Å²) >= 11 is 0. The van der Waals surface area contributed by atoms with Gasteiger partial charge in [-0.1, -0.05) is 13.0 Å². The SMILES string of the molecule is COc1cccc(N2CCC(C)CC2)c1C(C)=O. The molecule has 1 aliphatic heterocycles. The number of nitrogens with zero attached hydrogens (tertiary/aromatic N) is 1. The van der Waals surface area contributed by atoms with E-state index in [1.54, 1.807) is 14.0 Å². The number of methoxy groups -OCH3 is 1. The molecule has 1 aromatic rings. The molecule has 0 aliphatic carbocycles. The van der Waals surface area contributed by atoms with Gasteiger partial charge in [0.05, 0.1) is 18.4 Å². The summed E-state index contributed by atoms with van der Waals surface area (Å²) in [7, 11) is 1.61. The van der Waals surface area contributed by atoms with Crippen molar-refractivity contribution >= 4 is 11.5 Å². The van der Waals surface area contributed by atoms with Gasteiger partial charge in [-0.05, 0) is 37.8 Å². The number of ketones is 1. The Balaban J connectivity index is 2.35. The molecule has 0 saturated carbocycles. The molecular formula is C15H21NO2. The summed E-state index contributed by atoms with van der Waals surface area (Å²) < 4.78 is 5.31. The van der Waals surface area contributed by atoms with Crippen molar-refractivity contribution in [3.8, 4) is 5.75 Å². The number of benzene rings is 1. The van der Waals surface area contributed by atoms with Crippen molar-refractivity contribution in [1.82, 2.24) is 0 Å². The molecule has 1 fully saturated rings. The molecule has 0 bridgehead atoms. The first-order valence-corrected chi connectivity index (χ1v) is 6.56. The summed E-state index contributed by atoms with van der Waals surface area (Å²) in [6, 6.07) is 5.83. The second kappa shape index (κ2) is 5.42. The van der Waals surface area contributed by atoms with Crippen LogP contribution >= 0.6 is 0 Å². The average Bonchev–Trinajstić information content (AvgIpc) is 2.38. The number of ether oxygens (including phenoxy) is 1. The van der Waals surface area contributed by atoms with Crippen LogP contribution in [0.3, 0.4) is 0 Å². The van der Waals surface area contributed by atoms with Gasteiger partial charge in [-0.25, -0.2) is 0 Å². The second-order valence-corrected chi connectivity index (χ2v) is 5.08. The monoisotopic (exact) mass is 247 g/mol. The third-order valence-corrected chi connectivity index (χ3v) is 3.70. The van der Waals surface area contributed by atoms with Crippen molar-refractivity contribution in [3.05, 3.63) is 23.8 Å². The van der Waals surface area contributed by atoms with E-state index in [-0.39, 0.29) is 5.78 Å². The summed E-state index contributed by atoms with van der Waals surface area (Å²) in [5.74, 6) is 1.53. The van der Waals surface area contributed by atoms with E-state index in [9.17, 15) is 4.79 Å². The lowest BCUT2D eigenvalue weighted by molar-refractivity contribution is 0.101. The van der Waals surface area contributed by atoms with Crippen molar-refractivity contribution in [2.24, 2.45) is 5.92 Å². The Labute approximate surface area is 109 Å². The van der Waals surface area contributed by atoms with Crippen molar-refractivity contribution < 1.29 is 9.53 Å². The molecule has 1 aromatic carbocycles. The number of hydrogen-bond donors (Lipinski definition) is 0. The van der Waals surface area contributed by atoms with Crippen LogP contribution in [0.25, 0.3) is 0 Å². The number of hydrogen-bond acceptors (Lipinski definition) is 3. The Morgan fingerprint density at radius 1 is 1.33 bits per heavy atom. The molecule has 0 aromatic heterocycles. The van der Waals surface area contributed by atoms with Gasteiger partial charge in [0.15, 0.2) is 5.78 Å². The highest BCUT2D eigenvalue weighted by atomic mass is 16.5. The number of carbonyl (C=O) groups excluding carboxylic acids is 1. The first kappa shape index (κ1) is 12.9. The summed E-state index contributed by atoms with van der Waals surface area (Å²) in [4.78, 5) is 14.2. The molecule has 1 saturated heterocycles. The fourth-order valence-corrected chi connectivity index (χ4v) is 2.56. The van der Waals surface area contributed by atoms with Gasteiger partial charge in [-0.15, -0.1) is 0 Å². The minimum absolute atomic E-state index is 0.0704. The largest absolute Gasteiger partial charge is 0.496 e. The van der Waals surface area contributed by atoms with Crippen LogP contribution in [0.4, 0.5) is 5.69 Å². The predicted octanol–water partition coefficient (Wildman–Crippen LogP) is 3.13. The Morgan fingerprint density at radius 3 is 2.56 bits per heavy atom. The molecule has 0 unspecified atom stereocenters. The maximum Gasteiger partial charge on any atom is 0.165 e. The number of Topliss-reactive ketones (excluding diaryl/α,β-unsaturated/α-hetero) is 1. The summed E-state index contributed by atoms with van der Waals surface area (Å²) in [5.41, 5.74) is 1.74.